The first-order valence-corrected chi connectivity index (χ1v) is 16.0. The van der Waals surface area contributed by atoms with E-state index in [2.05, 4.69) is 25.8 Å². The van der Waals surface area contributed by atoms with Gasteiger partial charge in [-0.25, -0.2) is 14.4 Å². The lowest BCUT2D eigenvalue weighted by atomic mass is 9.68. The maximum Gasteiger partial charge on any atom is 0.341 e. The largest absolute Gasteiger partial charge is 0.462 e. The SMILES string of the molecule is C=C(C)C(=O)OCCC1CCC(C2CCC(c3cc(-c4ccc(OC(=O)C(=C)C)cc4)ccc3OC(=O)C(=C)CO)CC2)CC1. The number of rotatable bonds is 12. The van der Waals surface area contributed by atoms with Gasteiger partial charge in [0.1, 0.15) is 11.5 Å². The van der Waals surface area contributed by atoms with Crippen LogP contribution < -0.4 is 9.47 Å². The molecule has 0 saturated heterocycles. The van der Waals surface area contributed by atoms with Crippen LogP contribution in [0.5, 0.6) is 11.5 Å². The highest BCUT2D eigenvalue weighted by atomic mass is 16.5. The zero-order valence-electron chi connectivity index (χ0n) is 26.6. The molecule has 240 valence electrons. The summed E-state index contributed by atoms with van der Waals surface area (Å²) in [5, 5.41) is 9.40. The molecule has 2 saturated carbocycles. The second kappa shape index (κ2) is 15.8. The van der Waals surface area contributed by atoms with Gasteiger partial charge >= 0.3 is 17.9 Å². The molecule has 2 aromatic carbocycles. The molecule has 0 aromatic heterocycles. The van der Waals surface area contributed by atoms with Crippen LogP contribution in [0.3, 0.4) is 0 Å². The molecule has 7 heteroatoms. The third kappa shape index (κ3) is 9.27. The van der Waals surface area contributed by atoms with Gasteiger partial charge in [-0.05, 0) is 123 Å². The third-order valence-corrected chi connectivity index (χ3v) is 9.32. The number of aliphatic hydroxyl groups is 1. The number of carbonyl (C=O) groups is 3. The van der Waals surface area contributed by atoms with E-state index in [9.17, 15) is 19.5 Å². The number of esters is 3. The summed E-state index contributed by atoms with van der Waals surface area (Å²) in [6, 6.07) is 13.1. The molecule has 45 heavy (non-hydrogen) atoms. The molecule has 7 nitrogen and oxygen atoms in total. The van der Waals surface area contributed by atoms with Crippen molar-refractivity contribution in [1.82, 2.24) is 0 Å². The van der Waals surface area contributed by atoms with E-state index in [1.165, 1.54) is 25.7 Å². The van der Waals surface area contributed by atoms with Crippen LogP contribution in [0.1, 0.15) is 83.1 Å². The molecule has 0 bridgehead atoms. The summed E-state index contributed by atoms with van der Waals surface area (Å²) in [7, 11) is 0. The van der Waals surface area contributed by atoms with Crippen LogP contribution in [-0.4, -0.2) is 36.2 Å². The normalized spacial score (nSPS) is 21.3. The maximum absolute atomic E-state index is 12.6. The van der Waals surface area contributed by atoms with Crippen molar-refractivity contribution in [3.8, 4) is 22.6 Å². The topological polar surface area (TPSA) is 99.1 Å². The molecule has 0 spiro atoms. The van der Waals surface area contributed by atoms with Crippen molar-refractivity contribution in [2.24, 2.45) is 17.8 Å². The smallest absolute Gasteiger partial charge is 0.341 e. The van der Waals surface area contributed by atoms with E-state index >= 15 is 0 Å². The number of hydrogen-bond donors (Lipinski definition) is 1. The summed E-state index contributed by atoms with van der Waals surface area (Å²) in [5.41, 5.74) is 3.69. The van der Waals surface area contributed by atoms with Crippen molar-refractivity contribution in [2.75, 3.05) is 13.2 Å². The van der Waals surface area contributed by atoms with Gasteiger partial charge in [0.25, 0.3) is 0 Å². The van der Waals surface area contributed by atoms with Crippen molar-refractivity contribution in [2.45, 2.75) is 77.6 Å². The van der Waals surface area contributed by atoms with Crippen molar-refractivity contribution in [3.63, 3.8) is 0 Å². The van der Waals surface area contributed by atoms with Gasteiger partial charge in [0, 0.05) is 11.1 Å². The summed E-state index contributed by atoms with van der Waals surface area (Å²) in [5.74, 6) is 1.79. The zero-order chi connectivity index (χ0) is 32.5. The molecule has 2 aliphatic rings. The second-order valence-corrected chi connectivity index (χ2v) is 12.7. The molecule has 2 aromatic rings. The van der Waals surface area contributed by atoms with Crippen LogP contribution >= 0.6 is 0 Å². The van der Waals surface area contributed by atoms with Crippen molar-refractivity contribution in [3.05, 3.63) is 84.5 Å². The molecule has 0 heterocycles. The highest BCUT2D eigenvalue weighted by molar-refractivity contribution is 5.90. The van der Waals surface area contributed by atoms with Gasteiger partial charge in [0.2, 0.25) is 0 Å². The summed E-state index contributed by atoms with van der Waals surface area (Å²) in [6.07, 6.45) is 9.97. The molecule has 0 atom stereocenters. The van der Waals surface area contributed by atoms with E-state index in [1.54, 1.807) is 26.0 Å². The first-order valence-electron chi connectivity index (χ1n) is 16.0. The summed E-state index contributed by atoms with van der Waals surface area (Å²) < 4.78 is 16.4. The minimum absolute atomic E-state index is 0.0122. The van der Waals surface area contributed by atoms with Crippen molar-refractivity contribution >= 4 is 17.9 Å². The number of carbonyl (C=O) groups excluding carboxylic acids is 3. The van der Waals surface area contributed by atoms with Gasteiger partial charge in [0.15, 0.2) is 0 Å². The van der Waals surface area contributed by atoms with Crippen molar-refractivity contribution in [1.29, 1.82) is 0 Å². The monoisotopic (exact) mass is 614 g/mol. The highest BCUT2D eigenvalue weighted by Crippen LogP contribution is 2.46. The van der Waals surface area contributed by atoms with Crippen LogP contribution in [0.15, 0.2) is 78.9 Å². The highest BCUT2D eigenvalue weighted by Gasteiger charge is 2.32. The Morgan fingerprint density at radius 3 is 1.89 bits per heavy atom. The van der Waals surface area contributed by atoms with E-state index < -0.39 is 18.5 Å². The Balaban J connectivity index is 1.41. The fourth-order valence-electron chi connectivity index (χ4n) is 6.58. The Hall–Kier alpha value is -3.97. The minimum atomic E-state index is -0.630. The lowest BCUT2D eigenvalue weighted by Crippen LogP contribution is -2.26. The Morgan fingerprint density at radius 2 is 1.31 bits per heavy atom. The van der Waals surface area contributed by atoms with Crippen molar-refractivity contribution < 1.29 is 33.7 Å². The van der Waals surface area contributed by atoms with Gasteiger partial charge < -0.3 is 19.3 Å². The molecule has 2 aliphatic carbocycles. The number of hydrogen-bond acceptors (Lipinski definition) is 7. The first kappa shape index (κ1) is 33.9. The molecule has 0 amide bonds. The third-order valence-electron chi connectivity index (χ3n) is 9.32. The minimum Gasteiger partial charge on any atom is -0.462 e. The maximum atomic E-state index is 12.6. The van der Waals surface area contributed by atoms with Gasteiger partial charge in [0.05, 0.1) is 18.8 Å². The van der Waals surface area contributed by atoms with Crippen LogP contribution in [0.2, 0.25) is 0 Å². The van der Waals surface area contributed by atoms with E-state index in [1.807, 2.05) is 24.3 Å². The number of benzene rings is 2. The standard InChI is InChI=1S/C38H46O7/c1-24(2)36(40)43-21-20-27-6-8-28(9-7-27)29-10-12-31(13-11-29)34-22-32(16-19-35(34)45-38(42)26(5)23-39)30-14-17-33(18-15-30)44-37(41)25(3)4/h14-19,22,27-29,31,39H,1,3,5-13,20-21,23H2,2,4H3. The summed E-state index contributed by atoms with van der Waals surface area (Å²) >= 11 is 0. The molecular formula is C38H46O7. The molecule has 2 fully saturated rings. The summed E-state index contributed by atoms with van der Waals surface area (Å²) in [4.78, 5) is 36.1. The molecule has 0 aliphatic heterocycles. The predicted molar refractivity (Wildman–Crippen MR) is 175 cm³/mol. The van der Waals surface area contributed by atoms with Gasteiger partial charge in [-0.3, -0.25) is 0 Å². The Labute approximate surface area is 267 Å². The van der Waals surface area contributed by atoms with Crippen LogP contribution in [0.4, 0.5) is 0 Å². The molecular weight excluding hydrogens is 568 g/mol. The van der Waals surface area contributed by atoms with Gasteiger partial charge in [-0.2, -0.15) is 0 Å². The fourth-order valence-corrected chi connectivity index (χ4v) is 6.58. The molecule has 0 unspecified atom stereocenters. The molecule has 1 N–H and O–H groups in total. The van der Waals surface area contributed by atoms with E-state index in [0.717, 1.165) is 48.8 Å². The average Bonchev–Trinajstić information content (AvgIpc) is 3.05. The predicted octanol–water partition coefficient (Wildman–Crippen LogP) is 7.88. The van der Waals surface area contributed by atoms with Crippen LogP contribution in [0.25, 0.3) is 11.1 Å². The quantitative estimate of drug-likeness (QED) is 0.148. The van der Waals surface area contributed by atoms with Gasteiger partial charge in [-0.15, -0.1) is 0 Å². The molecule has 0 radical (unpaired) electrons. The van der Waals surface area contributed by atoms with E-state index in [0.29, 0.717) is 47.0 Å². The van der Waals surface area contributed by atoms with E-state index in [4.69, 9.17) is 14.2 Å². The number of ether oxygens (including phenoxy) is 3. The van der Waals surface area contributed by atoms with Crippen LogP contribution in [-0.2, 0) is 19.1 Å². The summed E-state index contributed by atoms with van der Waals surface area (Å²) in [6.45, 7) is 14.2. The Kier molecular flexibility index (Phi) is 11.9. The average molecular weight is 615 g/mol. The lowest BCUT2D eigenvalue weighted by Gasteiger charge is -2.38. The fraction of sp³-hybridized carbons (Fsp3) is 0.447. The zero-order valence-corrected chi connectivity index (χ0v) is 26.6. The van der Waals surface area contributed by atoms with Crippen LogP contribution in [0, 0.1) is 17.8 Å². The van der Waals surface area contributed by atoms with E-state index in [-0.39, 0.29) is 17.5 Å². The Bertz CT molecular complexity index is 1400. The molecule has 4 rings (SSSR count). The lowest BCUT2D eigenvalue weighted by molar-refractivity contribution is -0.139. The Morgan fingerprint density at radius 1 is 0.733 bits per heavy atom. The number of aliphatic hydroxyl groups excluding tert-OH is 1. The second-order valence-electron chi connectivity index (χ2n) is 12.7. The van der Waals surface area contributed by atoms with Gasteiger partial charge in [-0.1, -0.05) is 50.8 Å². The first-order chi connectivity index (χ1) is 21.5.